The summed E-state index contributed by atoms with van der Waals surface area (Å²) in [6.45, 7) is 13.1. The van der Waals surface area contributed by atoms with Crippen molar-refractivity contribution in [2.24, 2.45) is 10.9 Å². The minimum atomic E-state index is 0.536. The Bertz CT molecular complexity index is 557. The minimum Gasteiger partial charge on any atom is -0.288 e. The van der Waals surface area contributed by atoms with Gasteiger partial charge in [0.25, 0.3) is 0 Å². The normalized spacial score (nSPS) is 13.8. The van der Waals surface area contributed by atoms with Crippen molar-refractivity contribution in [2.75, 3.05) is 7.05 Å². The van der Waals surface area contributed by atoms with Gasteiger partial charge in [0, 0.05) is 12.6 Å². The maximum Gasteiger partial charge on any atom is 0.0645 e. The molecule has 1 rings (SSSR count). The molecule has 0 atom stereocenters. The number of nitrogens with zero attached hydrogens (tertiary/aromatic N) is 1. The molecule has 21 heavy (non-hydrogen) atoms. The number of benzene rings is 1. The Morgan fingerprint density at radius 3 is 2.19 bits per heavy atom. The summed E-state index contributed by atoms with van der Waals surface area (Å²) in [5.74, 6) is 1.10. The van der Waals surface area contributed by atoms with Crippen molar-refractivity contribution in [2.45, 2.75) is 47.5 Å². The molecule has 0 bridgehead atoms. The molecule has 0 aliphatic carbocycles. The SMILES string of the molecule is C/C=C(\C=C/C(=NC)c1ccc(C(C)C)cc1C)C(C)C. The first-order valence-corrected chi connectivity index (χ1v) is 7.82. The summed E-state index contributed by atoms with van der Waals surface area (Å²) in [6.07, 6.45) is 6.48. The summed E-state index contributed by atoms with van der Waals surface area (Å²) >= 11 is 0. The van der Waals surface area contributed by atoms with Gasteiger partial charge in [0.1, 0.15) is 0 Å². The largest absolute Gasteiger partial charge is 0.288 e. The van der Waals surface area contributed by atoms with Crippen LogP contribution in [0.3, 0.4) is 0 Å². The number of hydrogen-bond donors (Lipinski definition) is 0. The zero-order valence-corrected chi connectivity index (χ0v) is 14.6. The Balaban J connectivity index is 3.10. The van der Waals surface area contributed by atoms with Crippen LogP contribution in [0, 0.1) is 12.8 Å². The van der Waals surface area contributed by atoms with E-state index in [-0.39, 0.29) is 0 Å². The molecule has 1 heteroatoms. The fourth-order valence-electron chi connectivity index (χ4n) is 2.42. The van der Waals surface area contributed by atoms with Crippen LogP contribution in [0.25, 0.3) is 0 Å². The predicted octanol–water partition coefficient (Wildman–Crippen LogP) is 5.70. The molecule has 0 fully saturated rings. The topological polar surface area (TPSA) is 12.4 Å². The van der Waals surface area contributed by atoms with E-state index in [1.165, 1.54) is 22.3 Å². The van der Waals surface area contributed by atoms with Crippen molar-refractivity contribution in [3.63, 3.8) is 0 Å². The Kier molecular flexibility index (Phi) is 6.61. The molecule has 0 aliphatic rings. The van der Waals surface area contributed by atoms with Crippen LogP contribution in [0.15, 0.2) is 47.0 Å². The number of aliphatic imine (C=N–C) groups is 1. The van der Waals surface area contributed by atoms with Crippen LogP contribution in [0.5, 0.6) is 0 Å². The van der Waals surface area contributed by atoms with Gasteiger partial charge in [-0.05, 0) is 48.5 Å². The lowest BCUT2D eigenvalue weighted by atomic mass is 9.95. The summed E-state index contributed by atoms with van der Waals surface area (Å²) in [4.78, 5) is 4.46. The van der Waals surface area contributed by atoms with Gasteiger partial charge in [0.05, 0.1) is 5.71 Å². The van der Waals surface area contributed by atoms with Gasteiger partial charge >= 0.3 is 0 Å². The average Bonchev–Trinajstić information content (AvgIpc) is 2.44. The molecule has 1 aromatic rings. The quantitative estimate of drug-likeness (QED) is 0.486. The van der Waals surface area contributed by atoms with E-state index in [4.69, 9.17) is 0 Å². The number of hydrogen-bond acceptors (Lipinski definition) is 1. The molecule has 114 valence electrons. The third-order valence-electron chi connectivity index (χ3n) is 3.87. The highest BCUT2D eigenvalue weighted by atomic mass is 14.7. The lowest BCUT2D eigenvalue weighted by Gasteiger charge is -2.11. The van der Waals surface area contributed by atoms with Gasteiger partial charge < -0.3 is 0 Å². The molecule has 0 saturated carbocycles. The van der Waals surface area contributed by atoms with Gasteiger partial charge in [-0.1, -0.05) is 58.0 Å². The Hall–Kier alpha value is -1.63. The van der Waals surface area contributed by atoms with E-state index in [2.05, 4.69) is 83.0 Å². The van der Waals surface area contributed by atoms with E-state index >= 15 is 0 Å². The molecule has 0 unspecified atom stereocenters. The number of allylic oxidation sites excluding steroid dienone is 4. The zero-order valence-electron chi connectivity index (χ0n) is 14.6. The van der Waals surface area contributed by atoms with Gasteiger partial charge in [-0.2, -0.15) is 0 Å². The number of rotatable bonds is 5. The second-order valence-electron chi connectivity index (χ2n) is 6.11. The van der Waals surface area contributed by atoms with Crippen molar-refractivity contribution in [1.29, 1.82) is 0 Å². The summed E-state index contributed by atoms with van der Waals surface area (Å²) in [5, 5.41) is 0. The van der Waals surface area contributed by atoms with Crippen LogP contribution >= 0.6 is 0 Å². The molecule has 0 aromatic heterocycles. The highest BCUT2D eigenvalue weighted by molar-refractivity contribution is 6.09. The summed E-state index contributed by atoms with van der Waals surface area (Å²) in [6, 6.07) is 6.69. The van der Waals surface area contributed by atoms with Crippen LogP contribution < -0.4 is 0 Å². The molecular weight excluding hydrogens is 254 g/mol. The lowest BCUT2D eigenvalue weighted by molar-refractivity contribution is 0.790. The lowest BCUT2D eigenvalue weighted by Crippen LogP contribution is -2.02. The monoisotopic (exact) mass is 283 g/mol. The molecule has 0 saturated heterocycles. The molecule has 0 aliphatic heterocycles. The van der Waals surface area contributed by atoms with Crippen LogP contribution in [0.4, 0.5) is 0 Å². The molecule has 0 spiro atoms. The Labute approximate surface area is 130 Å². The summed E-state index contributed by atoms with van der Waals surface area (Å²) < 4.78 is 0. The fraction of sp³-hybridized carbons (Fsp3) is 0.450. The van der Waals surface area contributed by atoms with E-state index in [0.29, 0.717) is 11.8 Å². The van der Waals surface area contributed by atoms with E-state index in [1.807, 2.05) is 7.05 Å². The van der Waals surface area contributed by atoms with Crippen LogP contribution in [-0.2, 0) is 0 Å². The molecule has 0 N–H and O–H groups in total. The third kappa shape index (κ3) is 4.70. The molecule has 0 heterocycles. The maximum absolute atomic E-state index is 4.46. The third-order valence-corrected chi connectivity index (χ3v) is 3.87. The average molecular weight is 283 g/mol. The van der Waals surface area contributed by atoms with Crippen LogP contribution in [-0.4, -0.2) is 12.8 Å². The summed E-state index contributed by atoms with van der Waals surface area (Å²) in [5.41, 5.74) is 6.28. The van der Waals surface area contributed by atoms with Crippen LogP contribution in [0.2, 0.25) is 0 Å². The van der Waals surface area contributed by atoms with Gasteiger partial charge in [-0.3, -0.25) is 4.99 Å². The van der Waals surface area contributed by atoms with Crippen molar-refractivity contribution in [3.8, 4) is 0 Å². The highest BCUT2D eigenvalue weighted by Gasteiger charge is 2.07. The van der Waals surface area contributed by atoms with Crippen molar-refractivity contribution >= 4 is 5.71 Å². The summed E-state index contributed by atoms with van der Waals surface area (Å²) in [7, 11) is 1.86. The predicted molar refractivity (Wildman–Crippen MR) is 95.5 cm³/mol. The van der Waals surface area contributed by atoms with Crippen molar-refractivity contribution < 1.29 is 0 Å². The van der Waals surface area contributed by atoms with Gasteiger partial charge in [0.2, 0.25) is 0 Å². The zero-order chi connectivity index (χ0) is 16.0. The number of aryl methyl sites for hydroxylation is 1. The smallest absolute Gasteiger partial charge is 0.0645 e. The van der Waals surface area contributed by atoms with Crippen molar-refractivity contribution in [1.82, 2.24) is 0 Å². The van der Waals surface area contributed by atoms with Gasteiger partial charge in [0.15, 0.2) is 0 Å². The maximum atomic E-state index is 4.46. The standard InChI is InChI=1S/C20H29N/c1-8-17(14(2)3)10-12-20(21-7)19-11-9-18(15(4)5)13-16(19)6/h8-15H,1-7H3/b12-10-,17-8+,21-20?. The second-order valence-corrected chi connectivity index (χ2v) is 6.11. The van der Waals surface area contributed by atoms with Crippen LogP contribution in [0.1, 0.15) is 57.2 Å². The molecular formula is C20H29N. The van der Waals surface area contributed by atoms with E-state index in [0.717, 1.165) is 5.71 Å². The molecule has 0 amide bonds. The molecule has 1 aromatic carbocycles. The van der Waals surface area contributed by atoms with E-state index < -0.39 is 0 Å². The van der Waals surface area contributed by atoms with Gasteiger partial charge in [-0.15, -0.1) is 0 Å². The molecule has 0 radical (unpaired) electrons. The Morgan fingerprint density at radius 1 is 1.10 bits per heavy atom. The molecule has 1 nitrogen and oxygen atoms in total. The minimum absolute atomic E-state index is 0.536. The first kappa shape index (κ1) is 17.4. The first-order valence-electron chi connectivity index (χ1n) is 7.82. The fourth-order valence-corrected chi connectivity index (χ4v) is 2.42. The Morgan fingerprint density at radius 2 is 1.76 bits per heavy atom. The van der Waals surface area contributed by atoms with Crippen molar-refractivity contribution in [3.05, 3.63) is 58.7 Å². The van der Waals surface area contributed by atoms with E-state index in [9.17, 15) is 0 Å². The van der Waals surface area contributed by atoms with Gasteiger partial charge in [-0.25, -0.2) is 0 Å². The second kappa shape index (κ2) is 7.97. The highest BCUT2D eigenvalue weighted by Crippen LogP contribution is 2.20. The first-order chi connectivity index (χ1) is 9.90. The van der Waals surface area contributed by atoms with E-state index in [1.54, 1.807) is 0 Å².